The molecule has 1 aliphatic rings. The topological polar surface area (TPSA) is 75.4 Å². The van der Waals surface area contributed by atoms with E-state index in [4.69, 9.17) is 5.73 Å². The first-order valence-electron chi connectivity index (χ1n) is 5.85. The SMILES string of the molecule is CCC(C)C(=O)N(CC(N)=O)C1CCNC1. The summed E-state index contributed by atoms with van der Waals surface area (Å²) in [5.74, 6) is -0.446. The predicted molar refractivity (Wildman–Crippen MR) is 61.6 cm³/mol. The highest BCUT2D eigenvalue weighted by Crippen LogP contribution is 2.14. The molecule has 1 aliphatic heterocycles. The average molecular weight is 227 g/mol. The van der Waals surface area contributed by atoms with Crippen molar-refractivity contribution < 1.29 is 9.59 Å². The van der Waals surface area contributed by atoms with Gasteiger partial charge in [-0.05, 0) is 19.4 Å². The van der Waals surface area contributed by atoms with Crippen molar-refractivity contribution in [1.82, 2.24) is 10.2 Å². The van der Waals surface area contributed by atoms with Crippen molar-refractivity contribution in [2.75, 3.05) is 19.6 Å². The monoisotopic (exact) mass is 227 g/mol. The molecule has 0 bridgehead atoms. The summed E-state index contributed by atoms with van der Waals surface area (Å²) in [5, 5.41) is 3.19. The second kappa shape index (κ2) is 5.84. The highest BCUT2D eigenvalue weighted by Gasteiger charge is 2.29. The lowest BCUT2D eigenvalue weighted by molar-refractivity contribution is -0.140. The van der Waals surface area contributed by atoms with Crippen molar-refractivity contribution in [2.45, 2.75) is 32.7 Å². The Balaban J connectivity index is 2.69. The van der Waals surface area contributed by atoms with Crippen molar-refractivity contribution in [3.05, 3.63) is 0 Å². The smallest absolute Gasteiger partial charge is 0.237 e. The highest BCUT2D eigenvalue weighted by molar-refractivity contribution is 5.85. The van der Waals surface area contributed by atoms with Crippen molar-refractivity contribution in [2.24, 2.45) is 11.7 Å². The summed E-state index contributed by atoms with van der Waals surface area (Å²) >= 11 is 0. The van der Waals surface area contributed by atoms with Crippen LogP contribution in [-0.4, -0.2) is 42.4 Å². The molecule has 16 heavy (non-hydrogen) atoms. The van der Waals surface area contributed by atoms with Crippen LogP contribution in [0.5, 0.6) is 0 Å². The van der Waals surface area contributed by atoms with Crippen molar-refractivity contribution in [3.8, 4) is 0 Å². The van der Waals surface area contributed by atoms with Crippen LogP contribution in [0.3, 0.4) is 0 Å². The normalized spacial score (nSPS) is 21.8. The van der Waals surface area contributed by atoms with E-state index in [-0.39, 0.29) is 24.4 Å². The van der Waals surface area contributed by atoms with Crippen LogP contribution in [0, 0.1) is 5.92 Å². The van der Waals surface area contributed by atoms with Gasteiger partial charge in [0.15, 0.2) is 0 Å². The summed E-state index contributed by atoms with van der Waals surface area (Å²) < 4.78 is 0. The van der Waals surface area contributed by atoms with Gasteiger partial charge in [0.05, 0.1) is 6.54 Å². The molecule has 1 fully saturated rings. The molecule has 0 spiro atoms. The molecular formula is C11H21N3O2. The van der Waals surface area contributed by atoms with E-state index in [2.05, 4.69) is 5.32 Å². The van der Waals surface area contributed by atoms with Crippen molar-refractivity contribution in [1.29, 1.82) is 0 Å². The van der Waals surface area contributed by atoms with Gasteiger partial charge in [0.1, 0.15) is 0 Å². The number of amides is 2. The summed E-state index contributed by atoms with van der Waals surface area (Å²) in [6, 6.07) is 0.119. The summed E-state index contributed by atoms with van der Waals surface area (Å²) in [5.41, 5.74) is 5.19. The van der Waals surface area contributed by atoms with E-state index in [0.29, 0.717) is 0 Å². The number of nitrogens with zero attached hydrogens (tertiary/aromatic N) is 1. The van der Waals surface area contributed by atoms with Gasteiger partial charge in [-0.3, -0.25) is 9.59 Å². The molecule has 0 saturated carbocycles. The van der Waals surface area contributed by atoms with E-state index < -0.39 is 5.91 Å². The molecule has 92 valence electrons. The molecule has 0 aromatic heterocycles. The standard InChI is InChI=1S/C11H21N3O2/c1-3-8(2)11(16)14(7-10(12)15)9-4-5-13-6-9/h8-9,13H,3-7H2,1-2H3,(H2,12,15). The number of hydrogen-bond acceptors (Lipinski definition) is 3. The van der Waals surface area contributed by atoms with Gasteiger partial charge in [0, 0.05) is 18.5 Å². The summed E-state index contributed by atoms with van der Waals surface area (Å²) in [4.78, 5) is 24.7. The number of nitrogens with two attached hydrogens (primary N) is 1. The van der Waals surface area contributed by atoms with Crippen LogP contribution in [0.2, 0.25) is 0 Å². The van der Waals surface area contributed by atoms with Gasteiger partial charge in [0.25, 0.3) is 0 Å². The van der Waals surface area contributed by atoms with Gasteiger partial charge >= 0.3 is 0 Å². The fraction of sp³-hybridized carbons (Fsp3) is 0.818. The van der Waals surface area contributed by atoms with Crippen LogP contribution in [0.25, 0.3) is 0 Å². The molecule has 2 amide bonds. The van der Waals surface area contributed by atoms with Crippen molar-refractivity contribution in [3.63, 3.8) is 0 Å². The van der Waals surface area contributed by atoms with Crippen LogP contribution in [0.4, 0.5) is 0 Å². The summed E-state index contributed by atoms with van der Waals surface area (Å²) in [6.45, 7) is 5.55. The Morgan fingerprint density at radius 1 is 1.56 bits per heavy atom. The maximum absolute atomic E-state index is 12.1. The van der Waals surface area contributed by atoms with Gasteiger partial charge in [-0.1, -0.05) is 13.8 Å². The summed E-state index contributed by atoms with van der Waals surface area (Å²) in [7, 11) is 0. The van der Waals surface area contributed by atoms with Gasteiger partial charge < -0.3 is 16.0 Å². The van der Waals surface area contributed by atoms with Crippen LogP contribution in [-0.2, 0) is 9.59 Å². The number of carbonyl (C=O) groups excluding carboxylic acids is 2. The van der Waals surface area contributed by atoms with Crippen LogP contribution in [0.15, 0.2) is 0 Å². The Bertz CT molecular complexity index is 262. The Morgan fingerprint density at radius 2 is 2.25 bits per heavy atom. The fourth-order valence-corrected chi connectivity index (χ4v) is 1.92. The third kappa shape index (κ3) is 3.20. The lowest BCUT2D eigenvalue weighted by Crippen LogP contribution is -2.48. The first kappa shape index (κ1) is 13.0. The molecule has 2 unspecified atom stereocenters. The molecule has 0 aromatic rings. The number of carbonyl (C=O) groups is 2. The Hall–Kier alpha value is -1.10. The molecule has 3 N–H and O–H groups in total. The number of primary amides is 1. The highest BCUT2D eigenvalue weighted by atomic mass is 16.2. The van der Waals surface area contributed by atoms with Gasteiger partial charge in [-0.25, -0.2) is 0 Å². The molecule has 1 heterocycles. The van der Waals surface area contributed by atoms with Crippen LogP contribution < -0.4 is 11.1 Å². The molecular weight excluding hydrogens is 206 g/mol. The van der Waals surface area contributed by atoms with E-state index in [1.165, 1.54) is 0 Å². The molecule has 1 rings (SSSR count). The third-order valence-electron chi connectivity index (χ3n) is 3.12. The molecule has 5 nitrogen and oxygen atoms in total. The van der Waals surface area contributed by atoms with Gasteiger partial charge in [-0.15, -0.1) is 0 Å². The van der Waals surface area contributed by atoms with Crippen LogP contribution >= 0.6 is 0 Å². The zero-order valence-electron chi connectivity index (χ0n) is 10.0. The Labute approximate surface area is 96.4 Å². The van der Waals surface area contributed by atoms with E-state index in [1.54, 1.807) is 4.90 Å². The fourth-order valence-electron chi connectivity index (χ4n) is 1.92. The number of hydrogen-bond donors (Lipinski definition) is 2. The van der Waals surface area contributed by atoms with Crippen LogP contribution in [0.1, 0.15) is 26.7 Å². The minimum Gasteiger partial charge on any atom is -0.368 e. The number of nitrogens with one attached hydrogen (secondary N) is 1. The zero-order valence-corrected chi connectivity index (χ0v) is 10.0. The Morgan fingerprint density at radius 3 is 2.69 bits per heavy atom. The third-order valence-corrected chi connectivity index (χ3v) is 3.12. The molecule has 0 radical (unpaired) electrons. The van der Waals surface area contributed by atoms with E-state index >= 15 is 0 Å². The zero-order chi connectivity index (χ0) is 12.1. The minimum absolute atomic E-state index is 0.0370. The van der Waals surface area contributed by atoms with Crippen molar-refractivity contribution >= 4 is 11.8 Å². The number of rotatable bonds is 5. The van der Waals surface area contributed by atoms with E-state index in [1.807, 2.05) is 13.8 Å². The van der Waals surface area contributed by atoms with Gasteiger partial charge in [-0.2, -0.15) is 0 Å². The molecule has 1 saturated heterocycles. The molecule has 0 aromatic carbocycles. The lowest BCUT2D eigenvalue weighted by atomic mass is 10.1. The largest absolute Gasteiger partial charge is 0.368 e. The van der Waals surface area contributed by atoms with Gasteiger partial charge in [0.2, 0.25) is 11.8 Å². The average Bonchev–Trinajstić information content (AvgIpc) is 2.76. The second-order valence-corrected chi connectivity index (χ2v) is 4.39. The van der Waals surface area contributed by atoms with E-state index in [0.717, 1.165) is 25.9 Å². The maximum atomic E-state index is 12.1. The minimum atomic E-state index is -0.441. The maximum Gasteiger partial charge on any atom is 0.237 e. The lowest BCUT2D eigenvalue weighted by Gasteiger charge is -2.29. The van der Waals surface area contributed by atoms with E-state index in [9.17, 15) is 9.59 Å². The molecule has 5 heteroatoms. The summed E-state index contributed by atoms with van der Waals surface area (Å²) in [6.07, 6.45) is 1.68. The second-order valence-electron chi connectivity index (χ2n) is 4.39. The first-order valence-corrected chi connectivity index (χ1v) is 5.85. The first-order chi connectivity index (χ1) is 7.56. The predicted octanol–water partition coefficient (Wildman–Crippen LogP) is -0.292. The molecule has 0 aliphatic carbocycles. The molecule has 2 atom stereocenters. The quantitative estimate of drug-likeness (QED) is 0.677. The Kier molecular flexibility index (Phi) is 4.73.